The van der Waals surface area contributed by atoms with Crippen molar-refractivity contribution in [3.63, 3.8) is 0 Å². The highest BCUT2D eigenvalue weighted by Gasteiger charge is 2.09. The molecule has 0 bridgehead atoms. The maximum Gasteiger partial charge on any atom is 0.387 e. The van der Waals surface area contributed by atoms with Gasteiger partial charge in [0.25, 0.3) is 0 Å². The van der Waals surface area contributed by atoms with E-state index in [2.05, 4.69) is 4.74 Å². The predicted molar refractivity (Wildman–Crippen MR) is 64.1 cm³/mol. The number of ether oxygens (including phenoxy) is 1. The zero-order valence-corrected chi connectivity index (χ0v) is 9.88. The highest BCUT2D eigenvalue weighted by atomic mass is 19.3. The Balaban J connectivity index is 3.02. The topological polar surface area (TPSA) is 63.6 Å². The number of alkyl halides is 2. The van der Waals surface area contributed by atoms with E-state index in [1.807, 2.05) is 0 Å². The van der Waals surface area contributed by atoms with Crippen molar-refractivity contribution >= 4 is 18.3 Å². The molecule has 0 aliphatic carbocycles. The number of carbonyl (C=O) groups is 2. The van der Waals surface area contributed by atoms with E-state index in [0.29, 0.717) is 12.8 Å². The summed E-state index contributed by atoms with van der Waals surface area (Å²) in [6.07, 6.45) is 3.50. The summed E-state index contributed by atoms with van der Waals surface area (Å²) in [6.45, 7) is -2.99. The molecule has 0 aliphatic rings. The fourth-order valence-electron chi connectivity index (χ4n) is 1.47. The van der Waals surface area contributed by atoms with Crippen LogP contribution < -0.4 is 4.74 Å². The molecule has 0 aromatic heterocycles. The van der Waals surface area contributed by atoms with Crippen LogP contribution in [0, 0.1) is 0 Å². The Kier molecular flexibility index (Phi) is 5.66. The van der Waals surface area contributed by atoms with E-state index in [0.717, 1.165) is 17.9 Å². The molecule has 19 heavy (non-hydrogen) atoms. The van der Waals surface area contributed by atoms with Crippen molar-refractivity contribution in [2.75, 3.05) is 0 Å². The molecule has 1 aromatic rings. The van der Waals surface area contributed by atoms with Crippen LogP contribution in [0.3, 0.4) is 0 Å². The lowest BCUT2D eigenvalue weighted by atomic mass is 10.1. The number of aliphatic carboxylic acids is 1. The fraction of sp³-hybridized carbons (Fsp3) is 0.231. The summed E-state index contributed by atoms with van der Waals surface area (Å²) in [4.78, 5) is 20.7. The zero-order valence-electron chi connectivity index (χ0n) is 9.88. The van der Waals surface area contributed by atoms with E-state index < -0.39 is 12.6 Å². The molecule has 0 unspecified atom stereocenters. The third kappa shape index (κ3) is 5.29. The standard InChI is InChI=1S/C13H12F2O4/c14-13(15)19-11-5-3-9(2-1-7-16)8-10(11)4-6-12(17)18/h3-8,13H,1-2H2,(H,17,18)/b6-4+. The molecule has 4 nitrogen and oxygen atoms in total. The molecule has 6 heteroatoms. The first-order chi connectivity index (χ1) is 9.02. The van der Waals surface area contributed by atoms with Gasteiger partial charge in [-0.1, -0.05) is 6.07 Å². The van der Waals surface area contributed by atoms with Crippen LogP contribution in [0.1, 0.15) is 17.5 Å². The average Bonchev–Trinajstić information content (AvgIpc) is 2.35. The minimum atomic E-state index is -2.99. The molecule has 0 amide bonds. The summed E-state index contributed by atoms with van der Waals surface area (Å²) in [5.74, 6) is -1.30. The number of carboxylic acids is 1. The van der Waals surface area contributed by atoms with Gasteiger partial charge < -0.3 is 14.6 Å². The first-order valence-corrected chi connectivity index (χ1v) is 5.45. The van der Waals surface area contributed by atoms with Crippen LogP contribution in [0.4, 0.5) is 8.78 Å². The average molecular weight is 270 g/mol. The Labute approximate surface area is 108 Å². The highest BCUT2D eigenvalue weighted by Crippen LogP contribution is 2.24. The molecular weight excluding hydrogens is 258 g/mol. The molecule has 0 saturated carbocycles. The Bertz CT molecular complexity index is 484. The molecule has 0 spiro atoms. The third-order valence-electron chi connectivity index (χ3n) is 2.25. The van der Waals surface area contributed by atoms with Gasteiger partial charge in [0.2, 0.25) is 0 Å². The van der Waals surface area contributed by atoms with Gasteiger partial charge in [-0.2, -0.15) is 8.78 Å². The maximum absolute atomic E-state index is 12.2. The van der Waals surface area contributed by atoms with E-state index in [1.54, 1.807) is 6.07 Å². The van der Waals surface area contributed by atoms with Gasteiger partial charge >= 0.3 is 12.6 Å². The number of hydrogen-bond acceptors (Lipinski definition) is 3. The van der Waals surface area contributed by atoms with Crippen LogP contribution in [0.15, 0.2) is 24.3 Å². The molecule has 1 rings (SSSR count). The Morgan fingerprint density at radius 1 is 1.42 bits per heavy atom. The lowest BCUT2D eigenvalue weighted by molar-refractivity contribution is -0.131. The number of carboxylic acid groups (broad SMARTS) is 1. The SMILES string of the molecule is O=CCCc1ccc(OC(F)F)c(/C=C/C(=O)O)c1. The van der Waals surface area contributed by atoms with Gasteiger partial charge in [0, 0.05) is 18.1 Å². The molecule has 0 atom stereocenters. The molecule has 102 valence electrons. The van der Waals surface area contributed by atoms with Crippen LogP contribution in [-0.2, 0) is 16.0 Å². The van der Waals surface area contributed by atoms with E-state index in [9.17, 15) is 18.4 Å². The molecule has 0 heterocycles. The second-order valence-electron chi connectivity index (χ2n) is 3.63. The van der Waals surface area contributed by atoms with Gasteiger partial charge in [0.15, 0.2) is 0 Å². The van der Waals surface area contributed by atoms with Crippen LogP contribution in [0.5, 0.6) is 5.75 Å². The van der Waals surface area contributed by atoms with Gasteiger partial charge in [-0.3, -0.25) is 0 Å². The minimum Gasteiger partial charge on any atom is -0.478 e. The summed E-state index contributed by atoms with van der Waals surface area (Å²) < 4.78 is 28.7. The monoisotopic (exact) mass is 270 g/mol. The second-order valence-corrected chi connectivity index (χ2v) is 3.63. The summed E-state index contributed by atoms with van der Waals surface area (Å²) in [5.41, 5.74) is 0.963. The largest absolute Gasteiger partial charge is 0.478 e. The number of aldehydes is 1. The van der Waals surface area contributed by atoms with Crippen molar-refractivity contribution in [1.82, 2.24) is 0 Å². The van der Waals surface area contributed by atoms with Crippen molar-refractivity contribution in [3.8, 4) is 5.75 Å². The maximum atomic E-state index is 12.2. The van der Waals surface area contributed by atoms with Gasteiger partial charge in [-0.05, 0) is 30.2 Å². The molecule has 1 aromatic carbocycles. The molecule has 0 saturated heterocycles. The summed E-state index contributed by atoms with van der Waals surface area (Å²) in [7, 11) is 0. The van der Waals surface area contributed by atoms with Gasteiger partial charge in [-0.15, -0.1) is 0 Å². The van der Waals surface area contributed by atoms with Crippen molar-refractivity contribution in [2.45, 2.75) is 19.5 Å². The lowest BCUT2D eigenvalue weighted by Crippen LogP contribution is -2.04. The summed E-state index contributed by atoms with van der Waals surface area (Å²) in [5, 5.41) is 8.54. The molecule has 0 fully saturated rings. The zero-order chi connectivity index (χ0) is 14.3. The third-order valence-corrected chi connectivity index (χ3v) is 2.25. The Hall–Kier alpha value is -2.24. The van der Waals surface area contributed by atoms with Gasteiger partial charge in [0.05, 0.1) is 0 Å². The fourth-order valence-corrected chi connectivity index (χ4v) is 1.47. The quantitative estimate of drug-likeness (QED) is 0.610. The van der Waals surface area contributed by atoms with Gasteiger partial charge in [-0.25, -0.2) is 4.79 Å². The number of rotatable bonds is 7. The van der Waals surface area contributed by atoms with Crippen molar-refractivity contribution in [2.24, 2.45) is 0 Å². The number of halogens is 2. The van der Waals surface area contributed by atoms with E-state index in [-0.39, 0.29) is 11.3 Å². The highest BCUT2D eigenvalue weighted by molar-refractivity contribution is 5.86. The number of benzene rings is 1. The predicted octanol–water partition coefficient (Wildman–Crippen LogP) is 2.52. The van der Waals surface area contributed by atoms with Crippen molar-refractivity contribution < 1.29 is 28.2 Å². The van der Waals surface area contributed by atoms with Crippen LogP contribution in [-0.4, -0.2) is 24.0 Å². The van der Waals surface area contributed by atoms with Crippen molar-refractivity contribution in [3.05, 3.63) is 35.4 Å². The summed E-state index contributed by atoms with van der Waals surface area (Å²) in [6, 6.07) is 4.40. The van der Waals surface area contributed by atoms with E-state index in [4.69, 9.17) is 5.11 Å². The Morgan fingerprint density at radius 3 is 2.74 bits per heavy atom. The smallest absolute Gasteiger partial charge is 0.387 e. The molecular formula is C13H12F2O4. The number of carbonyl (C=O) groups excluding carboxylic acids is 1. The van der Waals surface area contributed by atoms with E-state index >= 15 is 0 Å². The number of aryl methyl sites for hydroxylation is 1. The van der Waals surface area contributed by atoms with Crippen molar-refractivity contribution in [1.29, 1.82) is 0 Å². The molecule has 0 aliphatic heterocycles. The second kappa shape index (κ2) is 7.25. The van der Waals surface area contributed by atoms with Crippen LogP contribution >= 0.6 is 0 Å². The lowest BCUT2D eigenvalue weighted by Gasteiger charge is -2.09. The van der Waals surface area contributed by atoms with Crippen LogP contribution in [0.25, 0.3) is 6.08 Å². The number of hydrogen-bond donors (Lipinski definition) is 1. The molecule has 0 radical (unpaired) electrons. The van der Waals surface area contributed by atoms with E-state index in [1.165, 1.54) is 18.2 Å². The normalized spacial score (nSPS) is 10.9. The first kappa shape index (κ1) is 14.8. The Morgan fingerprint density at radius 2 is 2.16 bits per heavy atom. The molecule has 1 N–H and O–H groups in total. The van der Waals surface area contributed by atoms with Crippen LogP contribution in [0.2, 0.25) is 0 Å². The summed E-state index contributed by atoms with van der Waals surface area (Å²) >= 11 is 0. The first-order valence-electron chi connectivity index (χ1n) is 5.45. The minimum absolute atomic E-state index is 0.109. The van der Waals surface area contributed by atoms with Gasteiger partial charge in [0.1, 0.15) is 12.0 Å².